The second-order valence-corrected chi connectivity index (χ2v) is 14.8. The molecule has 8 nitrogen and oxygen atoms in total. The van der Waals surface area contributed by atoms with Crippen molar-refractivity contribution < 1.29 is 27.5 Å². The molecule has 2 aromatic rings. The van der Waals surface area contributed by atoms with Crippen molar-refractivity contribution in [2.24, 2.45) is 17.8 Å². The number of aryl methyl sites for hydroxylation is 1. The molecule has 45 heavy (non-hydrogen) atoms. The van der Waals surface area contributed by atoms with Crippen LogP contribution in [-0.4, -0.2) is 44.7 Å². The predicted molar refractivity (Wildman–Crippen MR) is 179 cm³/mol. The van der Waals surface area contributed by atoms with Crippen molar-refractivity contribution in [2.75, 3.05) is 18.0 Å². The van der Waals surface area contributed by atoms with Crippen molar-refractivity contribution in [1.29, 1.82) is 0 Å². The van der Waals surface area contributed by atoms with Crippen LogP contribution >= 0.6 is 11.6 Å². The van der Waals surface area contributed by atoms with Crippen LogP contribution in [0.1, 0.15) is 74.4 Å². The average molecular weight is 657 g/mol. The van der Waals surface area contributed by atoms with E-state index in [1.807, 2.05) is 25.1 Å². The van der Waals surface area contributed by atoms with Crippen molar-refractivity contribution in [2.45, 2.75) is 77.3 Å². The monoisotopic (exact) mass is 656 g/mol. The first-order chi connectivity index (χ1) is 21.4. The number of esters is 1. The molecule has 244 valence electrons. The van der Waals surface area contributed by atoms with Gasteiger partial charge in [-0.05, 0) is 98.7 Å². The molecule has 1 amide bonds. The van der Waals surface area contributed by atoms with Crippen LogP contribution in [-0.2, 0) is 32.6 Å². The zero-order valence-corrected chi connectivity index (χ0v) is 28.0. The molecule has 4 rings (SSSR count). The predicted octanol–water partition coefficient (Wildman–Crippen LogP) is 6.87. The first-order valence-corrected chi connectivity index (χ1v) is 17.6. The van der Waals surface area contributed by atoms with Gasteiger partial charge in [-0.2, -0.15) is 0 Å². The van der Waals surface area contributed by atoms with Crippen LogP contribution in [0.2, 0.25) is 5.02 Å². The molecule has 2 aromatic carbocycles. The lowest BCUT2D eigenvalue weighted by atomic mass is 9.70. The van der Waals surface area contributed by atoms with E-state index in [0.29, 0.717) is 36.9 Å². The number of allylic oxidation sites excluding steroid dienone is 1. The van der Waals surface area contributed by atoms with Gasteiger partial charge in [-0.3, -0.25) is 9.59 Å². The van der Waals surface area contributed by atoms with E-state index in [1.165, 1.54) is 6.92 Å². The summed E-state index contributed by atoms with van der Waals surface area (Å²) in [6.45, 7) is 14.1. The van der Waals surface area contributed by atoms with Gasteiger partial charge < -0.3 is 14.4 Å². The van der Waals surface area contributed by atoms with Gasteiger partial charge in [0.05, 0.1) is 10.9 Å². The summed E-state index contributed by atoms with van der Waals surface area (Å²) in [6.07, 6.45) is 8.07. The van der Waals surface area contributed by atoms with Crippen LogP contribution in [0.4, 0.5) is 5.69 Å². The molecular weight excluding hydrogens is 612 g/mol. The van der Waals surface area contributed by atoms with Crippen LogP contribution in [0.25, 0.3) is 0 Å². The molecule has 0 saturated heterocycles. The zero-order chi connectivity index (χ0) is 32.7. The Balaban J connectivity index is 1.66. The Morgan fingerprint density at radius 1 is 1.13 bits per heavy atom. The molecule has 1 fully saturated rings. The number of hydrogen-bond acceptors (Lipinski definition) is 7. The maximum absolute atomic E-state index is 13.4. The molecule has 1 N–H and O–H groups in total. The number of nitrogens with zero attached hydrogens (tertiary/aromatic N) is 1. The number of nitrogens with one attached hydrogen (secondary N) is 1. The number of halogens is 1. The quantitative estimate of drug-likeness (QED) is 0.208. The standard InChI is InChI=1S/C35H45ClN2O6S/c1-6-10-23(3)24(4)45(41,42)37-35(40)27-14-17-34-32(20-27)38(21-28-13-16-31(28)33(7-2)44-25(5)39)18-9-8-11-26-19-30(36)15-12-29(26)22-43-34/h6-7,12,14-15,17,19-20,23-24,28,31,33H,1-2,8-11,13,16,18,21-22H2,3-5H3,(H,37,40). The molecule has 1 aliphatic heterocycles. The maximum atomic E-state index is 13.4. The SMILES string of the molecule is C=CCC(C)C(C)S(=O)(=O)NC(=O)c1ccc2c(c1)N(CC1CCC1C(C=C)OC(C)=O)CCCCc1cc(Cl)ccc1CO2. The highest BCUT2D eigenvalue weighted by Crippen LogP contribution is 2.41. The summed E-state index contributed by atoms with van der Waals surface area (Å²) >= 11 is 6.32. The van der Waals surface area contributed by atoms with Gasteiger partial charge in [0.15, 0.2) is 0 Å². The molecule has 2 aliphatic rings. The number of anilines is 1. The summed E-state index contributed by atoms with van der Waals surface area (Å²) in [4.78, 5) is 27.4. The van der Waals surface area contributed by atoms with Crippen molar-refractivity contribution >= 4 is 39.2 Å². The topological polar surface area (TPSA) is 102 Å². The highest BCUT2D eigenvalue weighted by atomic mass is 35.5. The van der Waals surface area contributed by atoms with Crippen LogP contribution in [0, 0.1) is 17.8 Å². The number of hydrogen-bond donors (Lipinski definition) is 1. The summed E-state index contributed by atoms with van der Waals surface area (Å²) in [5, 5.41) is -0.0937. The molecule has 0 radical (unpaired) electrons. The first-order valence-electron chi connectivity index (χ1n) is 15.7. The maximum Gasteiger partial charge on any atom is 0.303 e. The van der Waals surface area contributed by atoms with E-state index in [4.69, 9.17) is 21.1 Å². The van der Waals surface area contributed by atoms with Gasteiger partial charge in [0.1, 0.15) is 18.5 Å². The van der Waals surface area contributed by atoms with Crippen LogP contribution in [0.15, 0.2) is 61.7 Å². The molecule has 0 spiro atoms. The van der Waals surface area contributed by atoms with Gasteiger partial charge in [-0.15, -0.1) is 6.58 Å². The molecule has 1 heterocycles. The average Bonchev–Trinajstić information content (AvgIpc) is 3.01. The summed E-state index contributed by atoms with van der Waals surface area (Å²) < 4.78 is 40.4. The van der Waals surface area contributed by atoms with Crippen LogP contribution < -0.4 is 14.4 Å². The van der Waals surface area contributed by atoms with E-state index >= 15 is 0 Å². The van der Waals surface area contributed by atoms with Crippen molar-refractivity contribution in [1.82, 2.24) is 4.72 Å². The Labute approximate surface area is 272 Å². The van der Waals surface area contributed by atoms with E-state index in [9.17, 15) is 18.0 Å². The van der Waals surface area contributed by atoms with Crippen LogP contribution in [0.5, 0.6) is 5.75 Å². The number of ether oxygens (including phenoxy) is 2. The number of carbonyl (C=O) groups excluding carboxylic acids is 2. The lowest BCUT2D eigenvalue weighted by Crippen LogP contribution is -2.44. The van der Waals surface area contributed by atoms with Gasteiger partial charge >= 0.3 is 5.97 Å². The smallest absolute Gasteiger partial charge is 0.303 e. The van der Waals surface area contributed by atoms with Gasteiger partial charge in [0, 0.05) is 36.5 Å². The highest BCUT2D eigenvalue weighted by molar-refractivity contribution is 7.90. The molecule has 0 bridgehead atoms. The number of rotatable bonds is 11. The molecule has 0 aromatic heterocycles. The highest BCUT2D eigenvalue weighted by Gasteiger charge is 2.39. The van der Waals surface area contributed by atoms with Gasteiger partial charge in [0.25, 0.3) is 5.91 Å². The Morgan fingerprint density at radius 3 is 2.58 bits per heavy atom. The van der Waals surface area contributed by atoms with E-state index in [2.05, 4.69) is 22.8 Å². The van der Waals surface area contributed by atoms with E-state index in [1.54, 1.807) is 37.3 Å². The normalized spacial score (nSPS) is 20.4. The Bertz CT molecular complexity index is 1510. The minimum absolute atomic E-state index is 0.135. The Hall–Kier alpha value is -3.30. The van der Waals surface area contributed by atoms with Gasteiger partial charge in [0.2, 0.25) is 10.0 Å². The second kappa shape index (κ2) is 15.3. The first kappa shape index (κ1) is 34.6. The van der Waals surface area contributed by atoms with Crippen molar-refractivity contribution in [3.05, 3.63) is 83.4 Å². The fourth-order valence-corrected chi connectivity index (χ4v) is 7.64. The molecule has 1 aliphatic carbocycles. The molecule has 10 heteroatoms. The lowest BCUT2D eigenvalue weighted by Gasteiger charge is -2.43. The molecule has 1 saturated carbocycles. The third-order valence-electron chi connectivity index (χ3n) is 9.19. The minimum atomic E-state index is -3.93. The molecule has 5 atom stereocenters. The summed E-state index contributed by atoms with van der Waals surface area (Å²) in [7, 11) is -3.93. The number of amides is 1. The fourth-order valence-electron chi connectivity index (χ4n) is 6.16. The Morgan fingerprint density at radius 2 is 1.91 bits per heavy atom. The van der Waals surface area contributed by atoms with Crippen molar-refractivity contribution in [3.63, 3.8) is 0 Å². The van der Waals surface area contributed by atoms with Gasteiger partial charge in [-0.25, -0.2) is 13.1 Å². The zero-order valence-electron chi connectivity index (χ0n) is 26.5. The third-order valence-corrected chi connectivity index (χ3v) is 11.3. The molecule has 5 unspecified atom stereocenters. The van der Waals surface area contributed by atoms with E-state index in [0.717, 1.165) is 48.9 Å². The summed E-state index contributed by atoms with van der Waals surface area (Å²) in [6, 6.07) is 10.9. The Kier molecular flexibility index (Phi) is 11.8. The molecular formula is C35H45ClN2O6S. The van der Waals surface area contributed by atoms with Crippen LogP contribution in [0.3, 0.4) is 0 Å². The van der Waals surface area contributed by atoms with Crippen molar-refractivity contribution in [3.8, 4) is 5.75 Å². The summed E-state index contributed by atoms with van der Waals surface area (Å²) in [5.74, 6) is -0.266. The van der Waals surface area contributed by atoms with Gasteiger partial charge in [-0.1, -0.05) is 43.3 Å². The lowest BCUT2D eigenvalue weighted by molar-refractivity contribution is -0.149. The minimum Gasteiger partial charge on any atom is -0.487 e. The van der Waals surface area contributed by atoms with E-state index < -0.39 is 21.2 Å². The summed E-state index contributed by atoms with van der Waals surface area (Å²) in [5.41, 5.74) is 3.14. The second-order valence-electron chi connectivity index (χ2n) is 12.3. The number of benzene rings is 2. The number of fused-ring (bicyclic) bond motifs is 2. The number of sulfonamides is 1. The number of carbonyl (C=O) groups is 2. The fraction of sp³-hybridized carbons (Fsp3) is 0.486. The third kappa shape index (κ3) is 8.70. The largest absolute Gasteiger partial charge is 0.487 e. The van der Waals surface area contributed by atoms with E-state index in [-0.39, 0.29) is 35.4 Å².